The zero-order chi connectivity index (χ0) is 13.2. The average Bonchev–Trinajstić information content (AvgIpc) is 2.31. The molecule has 0 fully saturated rings. The standard InChI is InChI=1S/C12H13N3O2S/c1-9-4-2-3-5-10(9)15-11-6-7-14-8-12(11)18(13,16)17/h2-8H,1H3,(H,14,15)(H2,13,16,17). The molecule has 1 aromatic heterocycles. The third kappa shape index (κ3) is 2.66. The van der Waals surface area contributed by atoms with Gasteiger partial charge in [-0.1, -0.05) is 18.2 Å². The fourth-order valence-electron chi connectivity index (χ4n) is 1.57. The van der Waals surface area contributed by atoms with Crippen LogP contribution in [0.5, 0.6) is 0 Å². The van der Waals surface area contributed by atoms with Crippen LogP contribution in [0.2, 0.25) is 0 Å². The van der Waals surface area contributed by atoms with Gasteiger partial charge in [0.15, 0.2) is 0 Å². The Morgan fingerprint density at radius 1 is 1.17 bits per heavy atom. The summed E-state index contributed by atoms with van der Waals surface area (Å²) in [5.41, 5.74) is 2.25. The lowest BCUT2D eigenvalue weighted by molar-refractivity contribution is 0.597. The Labute approximate surface area is 106 Å². The van der Waals surface area contributed by atoms with Crippen molar-refractivity contribution in [2.45, 2.75) is 11.8 Å². The average molecular weight is 263 g/mol. The first-order chi connectivity index (χ1) is 8.48. The molecule has 94 valence electrons. The predicted molar refractivity (Wildman–Crippen MR) is 70.1 cm³/mol. The molecule has 3 N–H and O–H groups in total. The van der Waals surface area contributed by atoms with Gasteiger partial charge in [-0.15, -0.1) is 0 Å². The van der Waals surface area contributed by atoms with E-state index in [9.17, 15) is 8.42 Å². The van der Waals surface area contributed by atoms with Gasteiger partial charge in [-0.3, -0.25) is 4.98 Å². The minimum absolute atomic E-state index is 0.0201. The van der Waals surface area contributed by atoms with E-state index in [1.54, 1.807) is 6.07 Å². The Bertz CT molecular complexity index is 669. The van der Waals surface area contributed by atoms with Crippen LogP contribution in [-0.4, -0.2) is 13.4 Å². The van der Waals surface area contributed by atoms with Crippen molar-refractivity contribution in [2.24, 2.45) is 5.14 Å². The molecule has 0 aliphatic rings. The fourth-order valence-corrected chi connectivity index (χ4v) is 2.20. The highest BCUT2D eigenvalue weighted by Gasteiger charge is 2.14. The first kappa shape index (κ1) is 12.5. The molecular weight excluding hydrogens is 250 g/mol. The van der Waals surface area contributed by atoms with E-state index < -0.39 is 10.0 Å². The van der Waals surface area contributed by atoms with Crippen molar-refractivity contribution >= 4 is 21.4 Å². The van der Waals surface area contributed by atoms with E-state index in [1.807, 2.05) is 31.2 Å². The molecule has 6 heteroatoms. The van der Waals surface area contributed by atoms with Crippen LogP contribution in [0.1, 0.15) is 5.56 Å². The molecule has 2 aromatic rings. The van der Waals surface area contributed by atoms with Crippen LogP contribution in [0.25, 0.3) is 0 Å². The van der Waals surface area contributed by atoms with E-state index in [4.69, 9.17) is 5.14 Å². The molecule has 1 heterocycles. The van der Waals surface area contributed by atoms with Crippen molar-refractivity contribution in [3.8, 4) is 0 Å². The van der Waals surface area contributed by atoms with Gasteiger partial charge < -0.3 is 5.32 Å². The molecule has 0 radical (unpaired) electrons. The predicted octanol–water partition coefficient (Wildman–Crippen LogP) is 1.78. The molecule has 0 saturated heterocycles. The molecule has 5 nitrogen and oxygen atoms in total. The number of nitrogens with two attached hydrogens (primary N) is 1. The van der Waals surface area contributed by atoms with Crippen molar-refractivity contribution in [3.05, 3.63) is 48.3 Å². The Morgan fingerprint density at radius 3 is 2.56 bits per heavy atom. The van der Waals surface area contributed by atoms with E-state index in [1.165, 1.54) is 12.4 Å². The molecule has 0 unspecified atom stereocenters. The van der Waals surface area contributed by atoms with Crippen molar-refractivity contribution in [1.82, 2.24) is 4.98 Å². The second-order valence-corrected chi connectivity index (χ2v) is 5.39. The minimum Gasteiger partial charge on any atom is -0.354 e. The third-order valence-corrected chi connectivity index (χ3v) is 3.44. The Hall–Kier alpha value is -1.92. The number of sulfonamides is 1. The molecular formula is C12H13N3O2S. The maximum Gasteiger partial charge on any atom is 0.241 e. The summed E-state index contributed by atoms with van der Waals surface area (Å²) in [6.07, 6.45) is 2.74. The monoisotopic (exact) mass is 263 g/mol. The number of hydrogen-bond acceptors (Lipinski definition) is 4. The number of hydrogen-bond donors (Lipinski definition) is 2. The van der Waals surface area contributed by atoms with Crippen LogP contribution in [-0.2, 0) is 10.0 Å². The summed E-state index contributed by atoms with van der Waals surface area (Å²) in [5.74, 6) is 0. The van der Waals surface area contributed by atoms with Crippen LogP contribution in [0.3, 0.4) is 0 Å². The third-order valence-electron chi connectivity index (χ3n) is 2.51. The summed E-state index contributed by atoms with van der Waals surface area (Å²) < 4.78 is 22.9. The molecule has 18 heavy (non-hydrogen) atoms. The number of nitrogens with zero attached hydrogens (tertiary/aromatic N) is 1. The molecule has 2 rings (SSSR count). The molecule has 0 aliphatic heterocycles. The van der Waals surface area contributed by atoms with Crippen molar-refractivity contribution in [2.75, 3.05) is 5.32 Å². The first-order valence-electron chi connectivity index (χ1n) is 5.28. The fraction of sp³-hybridized carbons (Fsp3) is 0.0833. The van der Waals surface area contributed by atoms with Crippen molar-refractivity contribution in [3.63, 3.8) is 0 Å². The Kier molecular flexibility index (Phi) is 3.31. The van der Waals surface area contributed by atoms with E-state index >= 15 is 0 Å². The summed E-state index contributed by atoms with van der Waals surface area (Å²) in [4.78, 5) is 3.76. The van der Waals surface area contributed by atoms with Gasteiger partial charge >= 0.3 is 0 Å². The quantitative estimate of drug-likeness (QED) is 0.884. The van der Waals surface area contributed by atoms with Gasteiger partial charge in [0.25, 0.3) is 0 Å². The van der Waals surface area contributed by atoms with Gasteiger partial charge in [0.1, 0.15) is 4.90 Å². The summed E-state index contributed by atoms with van der Waals surface area (Å²) in [6.45, 7) is 1.93. The second kappa shape index (κ2) is 4.75. The Morgan fingerprint density at radius 2 is 1.89 bits per heavy atom. The zero-order valence-corrected chi connectivity index (χ0v) is 10.6. The molecule has 0 bridgehead atoms. The SMILES string of the molecule is Cc1ccccc1Nc1ccncc1S(N)(=O)=O. The van der Waals surface area contributed by atoms with Crippen LogP contribution >= 0.6 is 0 Å². The van der Waals surface area contributed by atoms with E-state index in [0.29, 0.717) is 5.69 Å². The number of nitrogens with one attached hydrogen (secondary N) is 1. The number of anilines is 2. The summed E-state index contributed by atoms with van der Waals surface area (Å²) >= 11 is 0. The van der Waals surface area contributed by atoms with Crippen LogP contribution in [0.4, 0.5) is 11.4 Å². The van der Waals surface area contributed by atoms with Gasteiger partial charge in [-0.2, -0.15) is 0 Å². The highest BCUT2D eigenvalue weighted by molar-refractivity contribution is 7.89. The molecule has 0 atom stereocenters. The van der Waals surface area contributed by atoms with Gasteiger partial charge in [0, 0.05) is 18.1 Å². The summed E-state index contributed by atoms with van der Waals surface area (Å²) in [5, 5.41) is 8.19. The molecule has 0 saturated carbocycles. The maximum atomic E-state index is 11.4. The van der Waals surface area contributed by atoms with E-state index in [0.717, 1.165) is 11.3 Å². The largest absolute Gasteiger partial charge is 0.354 e. The molecule has 0 spiro atoms. The topological polar surface area (TPSA) is 85.1 Å². The van der Waals surface area contributed by atoms with Crippen LogP contribution < -0.4 is 10.5 Å². The van der Waals surface area contributed by atoms with E-state index in [2.05, 4.69) is 10.3 Å². The van der Waals surface area contributed by atoms with Crippen molar-refractivity contribution < 1.29 is 8.42 Å². The number of aromatic nitrogens is 1. The number of rotatable bonds is 3. The number of para-hydroxylation sites is 1. The second-order valence-electron chi connectivity index (χ2n) is 3.86. The lowest BCUT2D eigenvalue weighted by Gasteiger charge is -2.11. The summed E-state index contributed by atoms with van der Waals surface area (Å²) in [7, 11) is -3.79. The number of pyridine rings is 1. The lowest BCUT2D eigenvalue weighted by atomic mass is 10.2. The number of aryl methyl sites for hydroxylation is 1. The number of benzene rings is 1. The highest BCUT2D eigenvalue weighted by atomic mass is 32.2. The molecule has 0 aliphatic carbocycles. The Balaban J connectivity index is 2.45. The smallest absolute Gasteiger partial charge is 0.241 e. The van der Waals surface area contributed by atoms with Gasteiger partial charge in [-0.25, -0.2) is 13.6 Å². The summed E-state index contributed by atoms with van der Waals surface area (Å²) in [6, 6.07) is 9.15. The number of primary sulfonamides is 1. The maximum absolute atomic E-state index is 11.4. The van der Waals surface area contributed by atoms with Crippen LogP contribution in [0, 0.1) is 6.92 Å². The van der Waals surface area contributed by atoms with Crippen molar-refractivity contribution in [1.29, 1.82) is 0 Å². The first-order valence-corrected chi connectivity index (χ1v) is 6.82. The lowest BCUT2D eigenvalue weighted by Crippen LogP contribution is -2.14. The highest BCUT2D eigenvalue weighted by Crippen LogP contribution is 2.24. The van der Waals surface area contributed by atoms with Crippen LogP contribution in [0.15, 0.2) is 47.6 Å². The van der Waals surface area contributed by atoms with E-state index in [-0.39, 0.29) is 4.90 Å². The molecule has 0 amide bonds. The molecule has 1 aromatic carbocycles. The van der Waals surface area contributed by atoms with Gasteiger partial charge in [0.05, 0.1) is 5.69 Å². The normalized spacial score (nSPS) is 11.2. The van der Waals surface area contributed by atoms with Gasteiger partial charge in [-0.05, 0) is 24.6 Å². The zero-order valence-electron chi connectivity index (χ0n) is 9.79. The van der Waals surface area contributed by atoms with Gasteiger partial charge in [0.2, 0.25) is 10.0 Å². The minimum atomic E-state index is -3.79.